The summed E-state index contributed by atoms with van der Waals surface area (Å²) in [6.07, 6.45) is 5.22. The van der Waals surface area contributed by atoms with E-state index in [0.717, 1.165) is 0 Å². The van der Waals surface area contributed by atoms with Crippen molar-refractivity contribution in [1.82, 2.24) is 4.90 Å². The number of carbonyl (C=O) groups is 1. The lowest BCUT2D eigenvalue weighted by molar-refractivity contribution is -0.0524. The standard InChI is InChI=1S/C14H23NO3/c1-7-14(5,6)11-10-17-9-8-15(11)12(16)18-13(2,3)4/h1,11H,8-10H2,2-6H3. The highest BCUT2D eigenvalue weighted by Gasteiger charge is 2.39. The Morgan fingerprint density at radius 1 is 1.39 bits per heavy atom. The van der Waals surface area contributed by atoms with E-state index in [0.29, 0.717) is 19.8 Å². The summed E-state index contributed by atoms with van der Waals surface area (Å²) in [5.41, 5.74) is -0.933. The van der Waals surface area contributed by atoms with Crippen LogP contribution in [0.4, 0.5) is 4.79 Å². The van der Waals surface area contributed by atoms with Gasteiger partial charge in [0.25, 0.3) is 0 Å². The number of terminal acetylenes is 1. The molecular formula is C14H23NO3. The fraction of sp³-hybridized carbons (Fsp3) is 0.786. The van der Waals surface area contributed by atoms with Gasteiger partial charge in [-0.15, -0.1) is 6.42 Å². The van der Waals surface area contributed by atoms with Gasteiger partial charge in [0.2, 0.25) is 0 Å². The maximum atomic E-state index is 12.2. The van der Waals surface area contributed by atoms with Crippen LogP contribution >= 0.6 is 0 Å². The first kappa shape index (κ1) is 14.8. The number of hydrogen-bond donors (Lipinski definition) is 0. The molecule has 0 spiro atoms. The molecule has 0 aliphatic carbocycles. The molecule has 1 amide bonds. The van der Waals surface area contributed by atoms with Crippen molar-refractivity contribution in [3.8, 4) is 12.3 Å². The van der Waals surface area contributed by atoms with Crippen molar-refractivity contribution in [3.63, 3.8) is 0 Å². The van der Waals surface area contributed by atoms with Crippen molar-refractivity contribution in [1.29, 1.82) is 0 Å². The predicted molar refractivity (Wildman–Crippen MR) is 70.2 cm³/mol. The Morgan fingerprint density at radius 2 is 2.00 bits per heavy atom. The molecule has 4 heteroatoms. The number of morpholine rings is 1. The first-order valence-electron chi connectivity index (χ1n) is 6.22. The minimum atomic E-state index is -0.500. The fourth-order valence-electron chi connectivity index (χ4n) is 1.84. The quantitative estimate of drug-likeness (QED) is 0.673. The third-order valence-corrected chi connectivity index (χ3v) is 2.96. The minimum absolute atomic E-state index is 0.147. The van der Waals surface area contributed by atoms with Crippen LogP contribution in [0, 0.1) is 17.8 Å². The van der Waals surface area contributed by atoms with Crippen molar-refractivity contribution in [2.24, 2.45) is 5.41 Å². The molecule has 0 aromatic carbocycles. The van der Waals surface area contributed by atoms with Crippen LogP contribution < -0.4 is 0 Å². The highest BCUT2D eigenvalue weighted by molar-refractivity contribution is 5.69. The lowest BCUT2D eigenvalue weighted by Crippen LogP contribution is -2.55. The van der Waals surface area contributed by atoms with Crippen LogP contribution in [0.2, 0.25) is 0 Å². The van der Waals surface area contributed by atoms with Gasteiger partial charge in [0.15, 0.2) is 0 Å². The van der Waals surface area contributed by atoms with Crippen LogP contribution in [0.3, 0.4) is 0 Å². The second-order valence-electron chi connectivity index (χ2n) is 6.13. The Labute approximate surface area is 110 Å². The summed E-state index contributed by atoms with van der Waals surface area (Å²) in [6.45, 7) is 10.9. The number of nitrogens with zero attached hydrogens (tertiary/aromatic N) is 1. The highest BCUT2D eigenvalue weighted by Crippen LogP contribution is 2.28. The van der Waals surface area contributed by atoms with E-state index in [-0.39, 0.29) is 12.1 Å². The molecule has 0 aromatic rings. The van der Waals surface area contributed by atoms with Crippen molar-refractivity contribution >= 4 is 6.09 Å². The molecule has 0 saturated carbocycles. The second-order valence-corrected chi connectivity index (χ2v) is 6.13. The molecule has 1 saturated heterocycles. The number of rotatable bonds is 1. The van der Waals surface area contributed by atoms with Crippen LogP contribution in [-0.2, 0) is 9.47 Å². The van der Waals surface area contributed by atoms with E-state index in [2.05, 4.69) is 5.92 Å². The number of hydrogen-bond acceptors (Lipinski definition) is 3. The Bertz CT molecular complexity index is 349. The Kier molecular flexibility index (Phi) is 4.28. The van der Waals surface area contributed by atoms with E-state index < -0.39 is 11.0 Å². The van der Waals surface area contributed by atoms with Crippen LogP contribution in [0.15, 0.2) is 0 Å². The molecule has 1 heterocycles. The van der Waals surface area contributed by atoms with E-state index in [1.54, 1.807) is 4.90 Å². The molecule has 4 nitrogen and oxygen atoms in total. The van der Waals surface area contributed by atoms with E-state index in [9.17, 15) is 4.79 Å². The molecule has 1 fully saturated rings. The summed E-state index contributed by atoms with van der Waals surface area (Å²) in [7, 11) is 0. The van der Waals surface area contributed by atoms with E-state index in [4.69, 9.17) is 15.9 Å². The summed E-state index contributed by atoms with van der Waals surface area (Å²) < 4.78 is 10.8. The molecule has 1 unspecified atom stereocenters. The summed E-state index contributed by atoms with van der Waals surface area (Å²) in [4.78, 5) is 13.9. The zero-order chi connectivity index (χ0) is 14.0. The molecule has 18 heavy (non-hydrogen) atoms. The molecule has 1 rings (SSSR count). The van der Waals surface area contributed by atoms with Gasteiger partial charge >= 0.3 is 6.09 Å². The predicted octanol–water partition coefficient (Wildman–Crippen LogP) is 2.28. The van der Waals surface area contributed by atoms with E-state index in [1.807, 2.05) is 34.6 Å². The summed E-state index contributed by atoms with van der Waals surface area (Å²) >= 11 is 0. The number of ether oxygens (including phenoxy) is 2. The Hall–Kier alpha value is -1.21. The highest BCUT2D eigenvalue weighted by atomic mass is 16.6. The van der Waals surface area contributed by atoms with Crippen molar-refractivity contribution < 1.29 is 14.3 Å². The maximum absolute atomic E-state index is 12.2. The lowest BCUT2D eigenvalue weighted by atomic mass is 9.84. The third-order valence-electron chi connectivity index (χ3n) is 2.96. The third kappa shape index (κ3) is 3.64. The van der Waals surface area contributed by atoms with Crippen LogP contribution in [-0.4, -0.2) is 42.4 Å². The van der Waals surface area contributed by atoms with Gasteiger partial charge in [-0.05, 0) is 34.6 Å². The summed E-state index contributed by atoms with van der Waals surface area (Å²) in [5.74, 6) is 2.73. The topological polar surface area (TPSA) is 38.8 Å². The van der Waals surface area contributed by atoms with Crippen LogP contribution in [0.5, 0.6) is 0 Å². The van der Waals surface area contributed by atoms with E-state index in [1.165, 1.54) is 0 Å². The Balaban J connectivity index is 2.84. The molecule has 0 radical (unpaired) electrons. The molecule has 1 aliphatic heterocycles. The maximum Gasteiger partial charge on any atom is 0.410 e. The van der Waals surface area contributed by atoms with Gasteiger partial charge in [0.05, 0.1) is 19.3 Å². The summed E-state index contributed by atoms with van der Waals surface area (Å²) in [6, 6.07) is -0.147. The summed E-state index contributed by atoms with van der Waals surface area (Å²) in [5, 5.41) is 0. The van der Waals surface area contributed by atoms with Gasteiger partial charge in [0.1, 0.15) is 5.60 Å². The molecular weight excluding hydrogens is 230 g/mol. The van der Waals surface area contributed by atoms with Crippen molar-refractivity contribution in [2.75, 3.05) is 19.8 Å². The zero-order valence-corrected chi connectivity index (χ0v) is 11.9. The van der Waals surface area contributed by atoms with E-state index >= 15 is 0 Å². The smallest absolute Gasteiger partial charge is 0.410 e. The second kappa shape index (κ2) is 5.19. The van der Waals surface area contributed by atoms with Gasteiger partial charge in [-0.1, -0.05) is 5.92 Å². The molecule has 102 valence electrons. The zero-order valence-electron chi connectivity index (χ0n) is 11.9. The SMILES string of the molecule is C#CC(C)(C)C1COCCN1C(=O)OC(C)(C)C. The first-order valence-corrected chi connectivity index (χ1v) is 6.22. The Morgan fingerprint density at radius 3 is 2.50 bits per heavy atom. The van der Waals surface area contributed by atoms with Gasteiger partial charge in [-0.25, -0.2) is 4.79 Å². The normalized spacial score (nSPS) is 21.3. The molecule has 0 aromatic heterocycles. The van der Waals surface area contributed by atoms with Gasteiger partial charge < -0.3 is 9.47 Å². The molecule has 0 N–H and O–H groups in total. The van der Waals surface area contributed by atoms with Crippen LogP contribution in [0.25, 0.3) is 0 Å². The lowest BCUT2D eigenvalue weighted by Gasteiger charge is -2.42. The molecule has 0 bridgehead atoms. The van der Waals surface area contributed by atoms with Gasteiger partial charge in [0, 0.05) is 12.0 Å². The largest absolute Gasteiger partial charge is 0.444 e. The van der Waals surface area contributed by atoms with Gasteiger partial charge in [-0.2, -0.15) is 0 Å². The minimum Gasteiger partial charge on any atom is -0.444 e. The fourth-order valence-corrected chi connectivity index (χ4v) is 1.84. The average molecular weight is 253 g/mol. The van der Waals surface area contributed by atoms with Crippen LogP contribution in [0.1, 0.15) is 34.6 Å². The monoisotopic (exact) mass is 253 g/mol. The molecule has 1 atom stereocenters. The van der Waals surface area contributed by atoms with Crippen molar-refractivity contribution in [2.45, 2.75) is 46.3 Å². The van der Waals surface area contributed by atoms with Gasteiger partial charge in [-0.3, -0.25) is 4.90 Å². The average Bonchev–Trinajstić information content (AvgIpc) is 2.27. The first-order chi connectivity index (χ1) is 8.17. The molecule has 1 aliphatic rings. The van der Waals surface area contributed by atoms with Crippen molar-refractivity contribution in [3.05, 3.63) is 0 Å². The number of carbonyl (C=O) groups excluding carboxylic acids is 1. The number of amides is 1.